The molecule has 0 saturated carbocycles. The Morgan fingerprint density at radius 2 is 0.667 bits per heavy atom. The zero-order valence-corrected chi connectivity index (χ0v) is 17.7. The first-order valence-electron chi connectivity index (χ1n) is 6.43. The molecule has 0 aromatic carbocycles. The van der Waals surface area contributed by atoms with Crippen molar-refractivity contribution in [1.82, 2.24) is 0 Å². The third-order valence-electron chi connectivity index (χ3n) is 1.49. The van der Waals surface area contributed by atoms with Crippen molar-refractivity contribution in [2.75, 3.05) is 65.9 Å². The van der Waals surface area contributed by atoms with Gasteiger partial charge in [-0.15, -0.1) is 0 Å². The van der Waals surface area contributed by atoms with Gasteiger partial charge in [-0.25, -0.2) is 0 Å². The van der Waals surface area contributed by atoms with Crippen molar-refractivity contribution in [3.05, 3.63) is 0 Å². The number of nitrogens with one attached hydrogen (secondary N) is 2. The van der Waals surface area contributed by atoms with Gasteiger partial charge in [0.15, 0.2) is 0 Å². The molecule has 2 fully saturated rings. The molecule has 0 aromatic rings. The van der Waals surface area contributed by atoms with Crippen LogP contribution in [0.15, 0.2) is 0 Å². The first kappa shape index (κ1) is 33.6. The molecule has 0 amide bonds. The van der Waals surface area contributed by atoms with Crippen LogP contribution < -0.4 is 68.6 Å². The molecule has 2 saturated heterocycles. The molecule has 2 heterocycles. The molecule has 6 nitrogen and oxygen atoms in total. The average molecular weight is 366 g/mol. The Labute approximate surface area is 197 Å². The number of quaternary nitrogens is 2. The average Bonchev–Trinajstić information content (AvgIpc) is 2.59. The van der Waals surface area contributed by atoms with Gasteiger partial charge in [-0.3, -0.25) is 0 Å². The van der Waals surface area contributed by atoms with E-state index in [0.29, 0.717) is 31.9 Å². The molecular weight excluding hydrogens is 325 g/mol. The molecular formula is C12H40B4N2Na2O4. The minimum Gasteiger partial charge on any atom is -0.747 e. The van der Waals surface area contributed by atoms with Crippen LogP contribution in [0.5, 0.6) is 0 Å². The minimum atomic E-state index is 0. The summed E-state index contributed by atoms with van der Waals surface area (Å²) in [5, 5.41) is 0. The molecule has 0 radical (unpaired) electrons. The van der Waals surface area contributed by atoms with Crippen molar-refractivity contribution in [2.45, 2.75) is 13.8 Å². The number of hydrogen-bond acceptors (Lipinski definition) is 4. The van der Waals surface area contributed by atoms with Gasteiger partial charge in [-0.1, -0.05) is 0 Å². The summed E-state index contributed by atoms with van der Waals surface area (Å²) in [6.45, 7) is 13.7. The summed E-state index contributed by atoms with van der Waals surface area (Å²) < 4.78 is 23.8. The SMILES string of the molecule is C1COCCO1.C1COCCO1.[BH3-][NH+]([BH3-])CC.[BH3-][NH+]([BH3-])CC.[Na+].[Na+]. The largest absolute Gasteiger partial charge is 1.00 e. The third-order valence-corrected chi connectivity index (χ3v) is 1.49. The second-order valence-electron chi connectivity index (χ2n) is 3.16. The van der Waals surface area contributed by atoms with Crippen molar-refractivity contribution in [3.8, 4) is 0 Å². The van der Waals surface area contributed by atoms with Crippen molar-refractivity contribution in [2.24, 2.45) is 0 Å². The van der Waals surface area contributed by atoms with E-state index in [0.717, 1.165) is 52.9 Å². The van der Waals surface area contributed by atoms with Crippen LogP contribution in [0.2, 0.25) is 0 Å². The first-order chi connectivity index (χ1) is 10.5. The van der Waals surface area contributed by atoms with E-state index < -0.39 is 0 Å². The fourth-order valence-corrected chi connectivity index (χ4v) is 0.880. The summed E-state index contributed by atoms with van der Waals surface area (Å²) in [5.74, 6) is 0. The molecule has 24 heavy (non-hydrogen) atoms. The molecule has 0 aromatic heterocycles. The predicted octanol–water partition coefficient (Wildman–Crippen LogP) is -13.0. The molecule has 2 aliphatic rings. The Bertz CT molecular complexity index is 165. The van der Waals surface area contributed by atoms with Crippen LogP contribution in [0.4, 0.5) is 0 Å². The standard InChI is InChI=1S/2C4H8O2.2C2H12B2N.2Na/c2*1-2-6-4-3-5-1;2*1-2-5(3)4;;/h2*1-4H2;2*5H,2H2,1,3-4H3;;/q;;2*-1;2*+1. The smallest absolute Gasteiger partial charge is 0.747 e. The topological polar surface area (TPSA) is 45.8 Å². The molecule has 0 aliphatic carbocycles. The molecule has 0 unspecified atom stereocenters. The second-order valence-corrected chi connectivity index (χ2v) is 3.16. The van der Waals surface area contributed by atoms with E-state index in [-0.39, 0.29) is 59.1 Å². The Hall–Kier alpha value is 2.02. The van der Waals surface area contributed by atoms with E-state index >= 15 is 0 Å². The van der Waals surface area contributed by atoms with E-state index in [2.05, 4.69) is 13.8 Å². The third kappa shape index (κ3) is 39.2. The van der Waals surface area contributed by atoms with Crippen molar-refractivity contribution in [1.29, 1.82) is 0 Å². The second kappa shape index (κ2) is 29.8. The minimum absolute atomic E-state index is 0. The van der Waals surface area contributed by atoms with Crippen LogP contribution in [0.3, 0.4) is 0 Å². The van der Waals surface area contributed by atoms with E-state index in [1.165, 1.54) is 13.1 Å². The van der Waals surface area contributed by atoms with Gasteiger partial charge in [0.05, 0.1) is 52.9 Å². The molecule has 2 aliphatic heterocycles. The van der Waals surface area contributed by atoms with Crippen molar-refractivity contribution in [3.63, 3.8) is 0 Å². The van der Waals surface area contributed by atoms with E-state index in [9.17, 15) is 0 Å². The van der Waals surface area contributed by atoms with E-state index in [4.69, 9.17) is 18.9 Å². The Balaban J connectivity index is -0.000000109. The molecule has 0 bridgehead atoms. The van der Waals surface area contributed by atoms with Gasteiger partial charge < -0.3 is 28.4 Å². The van der Waals surface area contributed by atoms with Crippen LogP contribution in [-0.2, 0) is 18.9 Å². The van der Waals surface area contributed by atoms with E-state index in [1.807, 2.05) is 9.44 Å². The number of hydrogen-bond donors (Lipinski definition) is 2. The van der Waals surface area contributed by atoms with Crippen LogP contribution in [0.1, 0.15) is 13.8 Å². The van der Waals surface area contributed by atoms with Crippen molar-refractivity contribution >= 4 is 31.9 Å². The van der Waals surface area contributed by atoms with Gasteiger partial charge in [0, 0.05) is 0 Å². The quantitative estimate of drug-likeness (QED) is 0.477. The summed E-state index contributed by atoms with van der Waals surface area (Å²) in [7, 11) is 2.86. The van der Waals surface area contributed by atoms with Crippen molar-refractivity contribution < 1.29 is 87.5 Å². The maximum absolute atomic E-state index is 4.94. The number of ether oxygens (including phenoxy) is 4. The Kier molecular flexibility index (Phi) is 41.7. The van der Waals surface area contributed by atoms with E-state index in [1.54, 1.807) is 0 Å². The fourth-order valence-electron chi connectivity index (χ4n) is 0.880. The first-order valence-corrected chi connectivity index (χ1v) is 6.43. The zero-order valence-electron chi connectivity index (χ0n) is 13.7. The van der Waals surface area contributed by atoms with Crippen LogP contribution in [0.25, 0.3) is 0 Å². The molecule has 136 valence electrons. The van der Waals surface area contributed by atoms with Gasteiger partial charge in [0.1, 0.15) is 31.9 Å². The molecule has 2 N–H and O–H groups in total. The van der Waals surface area contributed by atoms with Crippen LogP contribution >= 0.6 is 0 Å². The zero-order chi connectivity index (χ0) is 17.1. The van der Waals surface area contributed by atoms with Crippen LogP contribution in [0, 0.1) is 0 Å². The predicted molar refractivity (Wildman–Crippen MR) is 106 cm³/mol. The van der Waals surface area contributed by atoms with Gasteiger partial charge in [-0.2, -0.15) is 0 Å². The molecule has 0 atom stereocenters. The van der Waals surface area contributed by atoms with Gasteiger partial charge >= 0.3 is 59.1 Å². The normalized spacial score (nSPS) is 16.0. The molecule has 12 heteroatoms. The van der Waals surface area contributed by atoms with Gasteiger partial charge in [0.2, 0.25) is 0 Å². The monoisotopic (exact) mass is 366 g/mol. The number of rotatable bonds is 2. The summed E-state index contributed by atoms with van der Waals surface area (Å²) in [4.78, 5) is 0. The maximum Gasteiger partial charge on any atom is 1.00 e. The fraction of sp³-hybridized carbons (Fsp3) is 1.00. The Morgan fingerprint density at radius 1 is 0.542 bits per heavy atom. The molecule has 2 rings (SSSR count). The molecule has 0 spiro atoms. The summed E-state index contributed by atoms with van der Waals surface area (Å²) in [6.07, 6.45) is 0. The maximum atomic E-state index is 4.94. The summed E-state index contributed by atoms with van der Waals surface area (Å²) in [5.41, 5.74) is 0. The van der Waals surface area contributed by atoms with Gasteiger partial charge in [0.25, 0.3) is 0 Å². The summed E-state index contributed by atoms with van der Waals surface area (Å²) in [6, 6.07) is 0. The summed E-state index contributed by atoms with van der Waals surface area (Å²) >= 11 is 0. The Morgan fingerprint density at radius 3 is 0.708 bits per heavy atom. The van der Waals surface area contributed by atoms with Crippen LogP contribution in [-0.4, -0.2) is 97.9 Å². The van der Waals surface area contributed by atoms with Gasteiger partial charge in [-0.05, 0) is 26.9 Å².